The fourth-order valence-corrected chi connectivity index (χ4v) is 3.98. The average Bonchev–Trinajstić information content (AvgIpc) is 3.29. The molecule has 9 nitrogen and oxygen atoms in total. The number of carbonyl (C=O) groups excluding carboxylic acids is 1. The van der Waals surface area contributed by atoms with E-state index in [1.807, 2.05) is 0 Å². The number of azo groups is 1. The number of benzene rings is 1. The van der Waals surface area contributed by atoms with Crippen molar-refractivity contribution in [1.82, 2.24) is 14.8 Å². The molecule has 0 aliphatic carbocycles. The maximum Gasteiger partial charge on any atom is 0.415 e. The van der Waals surface area contributed by atoms with Gasteiger partial charge in [-0.2, -0.15) is 0 Å². The lowest BCUT2D eigenvalue weighted by molar-refractivity contribution is 0.110. The van der Waals surface area contributed by atoms with Gasteiger partial charge in [0, 0.05) is 19.1 Å². The van der Waals surface area contributed by atoms with Gasteiger partial charge in [0.25, 0.3) is 0 Å². The molecule has 158 valence electrons. The maximum absolute atomic E-state index is 12.7. The molecule has 0 saturated carbocycles. The van der Waals surface area contributed by atoms with Crippen molar-refractivity contribution in [2.24, 2.45) is 10.2 Å². The van der Waals surface area contributed by atoms with Crippen LogP contribution < -0.4 is 16.2 Å². The number of nitrogens with zero attached hydrogens (tertiary/aromatic N) is 5. The number of hydrogen-bond acceptors (Lipinski definition) is 8. The molecule has 3 heterocycles. The zero-order chi connectivity index (χ0) is 20.9. The third-order valence-electron chi connectivity index (χ3n) is 5.63. The summed E-state index contributed by atoms with van der Waals surface area (Å²) in [5, 5.41) is 8.31. The Morgan fingerprint density at radius 3 is 2.40 bits per heavy atom. The van der Waals surface area contributed by atoms with E-state index < -0.39 is 0 Å². The number of ether oxygens (including phenoxy) is 1. The molecular formula is C21H27N7O2. The molecule has 30 heavy (non-hydrogen) atoms. The van der Waals surface area contributed by atoms with Gasteiger partial charge in [0.2, 0.25) is 0 Å². The Hall–Kier alpha value is -3.20. The number of pyridine rings is 1. The van der Waals surface area contributed by atoms with Crippen molar-refractivity contribution < 1.29 is 9.53 Å². The van der Waals surface area contributed by atoms with Gasteiger partial charge < -0.3 is 26.0 Å². The highest BCUT2D eigenvalue weighted by molar-refractivity contribution is 5.73. The summed E-state index contributed by atoms with van der Waals surface area (Å²) in [6.45, 7) is 3.78. The van der Waals surface area contributed by atoms with Crippen molar-refractivity contribution in [2.75, 3.05) is 37.6 Å². The molecule has 1 aromatic carbocycles. The monoisotopic (exact) mass is 409 g/mol. The molecule has 1 aromatic heterocycles. The van der Waals surface area contributed by atoms with E-state index in [4.69, 9.17) is 16.2 Å². The van der Waals surface area contributed by atoms with Crippen molar-refractivity contribution in [3.63, 3.8) is 0 Å². The molecule has 0 radical (unpaired) electrons. The third-order valence-corrected chi connectivity index (χ3v) is 5.63. The van der Waals surface area contributed by atoms with Crippen LogP contribution in [0.4, 0.5) is 27.8 Å². The number of nitrogens with two attached hydrogens (primary N) is 2. The van der Waals surface area contributed by atoms with Gasteiger partial charge in [-0.1, -0.05) is 12.1 Å². The second-order valence-corrected chi connectivity index (χ2v) is 7.64. The standard InChI is InChI=1S/C21H27N7O2/c22-19-8-7-17(20(23)24-19)26-25-16-5-1-2-6-18(16)30-21(29)28-13-9-15(10-14-28)27-11-3-4-12-27/h1-2,5-8,15H,3-4,9-14H2,(H4,22,23,24). The second kappa shape index (κ2) is 9.08. The lowest BCUT2D eigenvalue weighted by atomic mass is 10.0. The van der Waals surface area contributed by atoms with Crippen LogP contribution in [0.25, 0.3) is 0 Å². The van der Waals surface area contributed by atoms with Crippen LogP contribution in [-0.2, 0) is 0 Å². The Balaban J connectivity index is 1.39. The Kier molecular flexibility index (Phi) is 6.08. The van der Waals surface area contributed by atoms with E-state index in [9.17, 15) is 4.79 Å². The van der Waals surface area contributed by atoms with Gasteiger partial charge in [0.1, 0.15) is 17.2 Å². The highest BCUT2D eigenvalue weighted by Gasteiger charge is 2.29. The molecule has 4 N–H and O–H groups in total. The van der Waals surface area contributed by atoms with Crippen molar-refractivity contribution in [1.29, 1.82) is 0 Å². The molecule has 2 aliphatic heterocycles. The number of anilines is 2. The average molecular weight is 409 g/mol. The van der Waals surface area contributed by atoms with Crippen molar-refractivity contribution in [3.8, 4) is 5.75 Å². The largest absolute Gasteiger partial charge is 0.415 e. The van der Waals surface area contributed by atoms with E-state index in [0.29, 0.717) is 42.1 Å². The van der Waals surface area contributed by atoms with Gasteiger partial charge in [0.15, 0.2) is 11.6 Å². The van der Waals surface area contributed by atoms with E-state index in [2.05, 4.69) is 20.1 Å². The molecule has 9 heteroatoms. The minimum atomic E-state index is -0.355. The Morgan fingerprint density at radius 2 is 1.67 bits per heavy atom. The maximum atomic E-state index is 12.7. The molecule has 0 atom stereocenters. The highest BCUT2D eigenvalue weighted by atomic mass is 16.6. The molecule has 0 unspecified atom stereocenters. The number of para-hydroxylation sites is 1. The van der Waals surface area contributed by atoms with Crippen LogP contribution in [0, 0.1) is 0 Å². The minimum absolute atomic E-state index is 0.189. The first-order valence-electron chi connectivity index (χ1n) is 10.3. The summed E-state index contributed by atoms with van der Waals surface area (Å²) in [4.78, 5) is 21.0. The van der Waals surface area contributed by atoms with Crippen LogP contribution in [0.1, 0.15) is 25.7 Å². The van der Waals surface area contributed by atoms with Gasteiger partial charge in [-0.05, 0) is 63.0 Å². The summed E-state index contributed by atoms with van der Waals surface area (Å²) in [6, 6.07) is 10.8. The Bertz CT molecular complexity index is 919. The van der Waals surface area contributed by atoms with Crippen LogP contribution in [0.2, 0.25) is 0 Å². The smallest absolute Gasteiger partial charge is 0.408 e. The van der Waals surface area contributed by atoms with Crippen LogP contribution in [0.3, 0.4) is 0 Å². The lowest BCUT2D eigenvalue weighted by Gasteiger charge is -2.36. The Labute approximate surface area is 175 Å². The van der Waals surface area contributed by atoms with Crippen molar-refractivity contribution >= 4 is 29.1 Å². The number of aromatic nitrogens is 1. The predicted molar refractivity (Wildman–Crippen MR) is 115 cm³/mol. The Morgan fingerprint density at radius 1 is 0.967 bits per heavy atom. The number of rotatable bonds is 4. The summed E-state index contributed by atoms with van der Waals surface area (Å²) in [5.41, 5.74) is 12.3. The van der Waals surface area contributed by atoms with Crippen molar-refractivity contribution in [3.05, 3.63) is 36.4 Å². The normalized spacial score (nSPS) is 18.2. The first-order valence-corrected chi connectivity index (χ1v) is 10.3. The molecular weight excluding hydrogens is 382 g/mol. The van der Waals surface area contributed by atoms with E-state index in [1.54, 1.807) is 41.3 Å². The van der Waals surface area contributed by atoms with Crippen LogP contribution in [0.5, 0.6) is 5.75 Å². The summed E-state index contributed by atoms with van der Waals surface area (Å²) < 4.78 is 5.64. The summed E-state index contributed by atoms with van der Waals surface area (Å²) in [7, 11) is 0. The topological polar surface area (TPSA) is 122 Å². The van der Waals surface area contributed by atoms with Gasteiger partial charge in [-0.15, -0.1) is 10.2 Å². The number of hydrogen-bond donors (Lipinski definition) is 2. The number of amides is 1. The van der Waals surface area contributed by atoms with Gasteiger partial charge in [-0.25, -0.2) is 9.78 Å². The summed E-state index contributed by atoms with van der Waals surface area (Å²) in [6.07, 6.45) is 4.18. The molecule has 4 rings (SSSR count). The van der Waals surface area contributed by atoms with E-state index in [-0.39, 0.29) is 11.9 Å². The number of likely N-dealkylation sites (tertiary alicyclic amines) is 2. The summed E-state index contributed by atoms with van der Waals surface area (Å²) >= 11 is 0. The molecule has 2 aliphatic rings. The number of nitrogen functional groups attached to an aromatic ring is 2. The molecule has 0 spiro atoms. The fourth-order valence-electron chi connectivity index (χ4n) is 3.98. The quantitative estimate of drug-likeness (QED) is 0.742. The number of piperidine rings is 1. The predicted octanol–water partition coefficient (Wildman–Crippen LogP) is 3.72. The first kappa shape index (κ1) is 20.1. The van der Waals surface area contributed by atoms with Crippen LogP contribution >= 0.6 is 0 Å². The molecule has 2 saturated heterocycles. The van der Waals surface area contributed by atoms with Gasteiger partial charge in [0.05, 0.1) is 0 Å². The lowest BCUT2D eigenvalue weighted by Crippen LogP contribution is -2.46. The van der Waals surface area contributed by atoms with Crippen LogP contribution in [0.15, 0.2) is 46.6 Å². The van der Waals surface area contributed by atoms with E-state index >= 15 is 0 Å². The zero-order valence-corrected chi connectivity index (χ0v) is 16.9. The zero-order valence-electron chi connectivity index (χ0n) is 16.9. The van der Waals surface area contributed by atoms with Gasteiger partial charge >= 0.3 is 6.09 Å². The van der Waals surface area contributed by atoms with E-state index in [0.717, 1.165) is 12.8 Å². The minimum Gasteiger partial charge on any atom is -0.408 e. The molecule has 2 fully saturated rings. The van der Waals surface area contributed by atoms with E-state index in [1.165, 1.54) is 25.9 Å². The highest BCUT2D eigenvalue weighted by Crippen LogP contribution is 2.31. The summed E-state index contributed by atoms with van der Waals surface area (Å²) in [5.74, 6) is 0.860. The first-order chi connectivity index (χ1) is 14.6. The second-order valence-electron chi connectivity index (χ2n) is 7.64. The van der Waals surface area contributed by atoms with Crippen molar-refractivity contribution in [2.45, 2.75) is 31.7 Å². The molecule has 2 aromatic rings. The van der Waals surface area contributed by atoms with Gasteiger partial charge in [-0.3, -0.25) is 0 Å². The SMILES string of the molecule is Nc1ccc(N=Nc2ccccc2OC(=O)N2CCC(N3CCCC3)CC2)c(N)n1. The third kappa shape index (κ3) is 4.68. The fraction of sp³-hybridized carbons (Fsp3) is 0.429. The number of carbonyl (C=O) groups is 1. The molecule has 0 bridgehead atoms. The molecule has 1 amide bonds. The van der Waals surface area contributed by atoms with Crippen LogP contribution in [-0.4, -0.2) is 53.1 Å².